The molecule has 0 amide bonds. The van der Waals surface area contributed by atoms with Gasteiger partial charge < -0.3 is 10.4 Å². The molecule has 0 heterocycles. The minimum absolute atomic E-state index is 0. The molecule has 1 unspecified atom stereocenters. The fraction of sp³-hybridized carbons (Fsp3) is 0.222. The summed E-state index contributed by atoms with van der Waals surface area (Å²) in [5.74, 6) is -0.861. The number of carbonyl (C=O) groups is 1. The fourth-order valence-electron chi connectivity index (χ4n) is 0.890. The molecule has 14 heavy (non-hydrogen) atoms. The van der Waals surface area contributed by atoms with Gasteiger partial charge in [0, 0.05) is 10.2 Å². The van der Waals surface area contributed by atoms with E-state index in [9.17, 15) is 4.79 Å². The summed E-state index contributed by atoms with van der Waals surface area (Å²) in [6, 6.07) is 6.82. The van der Waals surface area contributed by atoms with Crippen molar-refractivity contribution >= 4 is 40.0 Å². The Bertz CT molecular complexity index is 319. The highest BCUT2D eigenvalue weighted by molar-refractivity contribution is 9.10. The molecule has 0 bridgehead atoms. The Morgan fingerprint density at radius 2 is 2.21 bits per heavy atom. The Morgan fingerprint density at radius 1 is 1.57 bits per heavy atom. The smallest absolute Gasteiger partial charge is 0.325 e. The zero-order chi connectivity index (χ0) is 9.84. The van der Waals surface area contributed by atoms with Crippen LogP contribution in [0, 0.1) is 0 Å². The van der Waals surface area contributed by atoms with Gasteiger partial charge in [-0.25, -0.2) is 0 Å². The predicted octanol–water partition coefficient (Wildman–Crippen LogP) is 2.76. The lowest BCUT2D eigenvalue weighted by atomic mass is 10.3. The average Bonchev–Trinajstić information content (AvgIpc) is 2.04. The molecule has 0 aliphatic rings. The van der Waals surface area contributed by atoms with Crippen LogP contribution in [-0.4, -0.2) is 17.1 Å². The lowest BCUT2D eigenvalue weighted by Gasteiger charge is -2.10. The number of anilines is 1. The van der Waals surface area contributed by atoms with Crippen LogP contribution in [0.5, 0.6) is 0 Å². The molecule has 0 aromatic heterocycles. The molecule has 0 fully saturated rings. The Morgan fingerprint density at radius 3 is 2.71 bits per heavy atom. The predicted molar refractivity (Wildman–Crippen MR) is 62.1 cm³/mol. The van der Waals surface area contributed by atoms with Crippen molar-refractivity contribution in [3.05, 3.63) is 28.7 Å². The Balaban J connectivity index is 0.00000169. The standard InChI is InChI=1S/C9H10BrNO2.ClH/c1-6(9(12)13)11-8-4-2-3-7(10)5-8;/h2-6,11H,1H3,(H,12,13);1H. The molecule has 0 spiro atoms. The van der Waals surface area contributed by atoms with Gasteiger partial charge in [-0.3, -0.25) is 4.79 Å². The van der Waals surface area contributed by atoms with Crippen molar-refractivity contribution in [2.45, 2.75) is 13.0 Å². The first-order chi connectivity index (χ1) is 6.09. The molecular formula is C9H11BrClNO2. The maximum atomic E-state index is 10.5. The normalized spacial score (nSPS) is 11.3. The second kappa shape index (κ2) is 5.88. The van der Waals surface area contributed by atoms with Crippen LogP contribution in [0.1, 0.15) is 6.92 Å². The molecule has 3 nitrogen and oxygen atoms in total. The molecule has 1 atom stereocenters. The minimum atomic E-state index is -0.861. The molecular weight excluding hydrogens is 269 g/mol. The summed E-state index contributed by atoms with van der Waals surface area (Å²) >= 11 is 3.30. The van der Waals surface area contributed by atoms with Crippen LogP contribution in [0.3, 0.4) is 0 Å². The second-order valence-electron chi connectivity index (χ2n) is 2.71. The summed E-state index contributed by atoms with van der Waals surface area (Å²) in [6.45, 7) is 1.60. The van der Waals surface area contributed by atoms with E-state index < -0.39 is 12.0 Å². The van der Waals surface area contributed by atoms with Gasteiger partial charge in [0.25, 0.3) is 0 Å². The van der Waals surface area contributed by atoms with E-state index in [1.54, 1.807) is 6.92 Å². The van der Waals surface area contributed by atoms with Crippen LogP contribution < -0.4 is 5.32 Å². The third-order valence-electron chi connectivity index (χ3n) is 1.58. The van der Waals surface area contributed by atoms with Gasteiger partial charge in [0.05, 0.1) is 0 Å². The molecule has 0 saturated carbocycles. The largest absolute Gasteiger partial charge is 0.480 e. The van der Waals surface area contributed by atoms with Crippen LogP contribution in [0.25, 0.3) is 0 Å². The molecule has 0 radical (unpaired) electrons. The third kappa shape index (κ3) is 3.98. The highest BCUT2D eigenvalue weighted by atomic mass is 79.9. The minimum Gasteiger partial charge on any atom is -0.480 e. The van der Waals surface area contributed by atoms with E-state index in [0.717, 1.165) is 10.2 Å². The molecule has 1 aromatic carbocycles. The van der Waals surface area contributed by atoms with Crippen molar-refractivity contribution in [2.24, 2.45) is 0 Å². The van der Waals surface area contributed by atoms with E-state index in [1.165, 1.54) is 0 Å². The van der Waals surface area contributed by atoms with Gasteiger partial charge in [0.2, 0.25) is 0 Å². The maximum absolute atomic E-state index is 10.5. The van der Waals surface area contributed by atoms with Crippen molar-refractivity contribution in [1.29, 1.82) is 0 Å². The highest BCUT2D eigenvalue weighted by Gasteiger charge is 2.09. The van der Waals surface area contributed by atoms with Crippen molar-refractivity contribution in [3.63, 3.8) is 0 Å². The van der Waals surface area contributed by atoms with E-state index in [4.69, 9.17) is 5.11 Å². The second-order valence-corrected chi connectivity index (χ2v) is 3.63. The van der Waals surface area contributed by atoms with Crippen molar-refractivity contribution in [2.75, 3.05) is 5.32 Å². The number of benzene rings is 1. The van der Waals surface area contributed by atoms with E-state index >= 15 is 0 Å². The first-order valence-electron chi connectivity index (χ1n) is 3.84. The molecule has 1 aromatic rings. The Kier molecular flexibility index (Phi) is 5.57. The number of carboxylic acid groups (broad SMARTS) is 1. The van der Waals surface area contributed by atoms with Crippen LogP contribution in [0.2, 0.25) is 0 Å². The third-order valence-corrected chi connectivity index (χ3v) is 2.07. The zero-order valence-corrected chi connectivity index (χ0v) is 9.93. The molecule has 0 aliphatic carbocycles. The summed E-state index contributed by atoms with van der Waals surface area (Å²) in [6.07, 6.45) is 0. The number of rotatable bonds is 3. The van der Waals surface area contributed by atoms with Gasteiger partial charge in [-0.1, -0.05) is 22.0 Å². The van der Waals surface area contributed by atoms with Gasteiger partial charge in [0.1, 0.15) is 6.04 Å². The molecule has 0 saturated heterocycles. The summed E-state index contributed by atoms with van der Waals surface area (Å²) < 4.78 is 0.926. The number of carboxylic acids is 1. The maximum Gasteiger partial charge on any atom is 0.325 e. The van der Waals surface area contributed by atoms with Crippen LogP contribution in [0.15, 0.2) is 28.7 Å². The van der Waals surface area contributed by atoms with E-state index in [1.807, 2.05) is 24.3 Å². The number of nitrogens with one attached hydrogen (secondary N) is 1. The SMILES string of the molecule is CC(Nc1cccc(Br)c1)C(=O)O.Cl. The summed E-state index contributed by atoms with van der Waals surface area (Å²) in [5.41, 5.74) is 0.796. The highest BCUT2D eigenvalue weighted by Crippen LogP contribution is 2.16. The molecule has 1 rings (SSSR count). The average molecular weight is 281 g/mol. The zero-order valence-electron chi connectivity index (χ0n) is 7.53. The monoisotopic (exact) mass is 279 g/mol. The van der Waals surface area contributed by atoms with E-state index in [0.29, 0.717) is 0 Å². The lowest BCUT2D eigenvalue weighted by Crippen LogP contribution is -2.25. The quantitative estimate of drug-likeness (QED) is 0.895. The summed E-state index contributed by atoms with van der Waals surface area (Å²) in [5, 5.41) is 11.5. The number of halogens is 2. The Hall–Kier alpha value is -0.740. The van der Waals surface area contributed by atoms with Crippen molar-refractivity contribution < 1.29 is 9.90 Å². The van der Waals surface area contributed by atoms with E-state index in [2.05, 4.69) is 21.2 Å². The van der Waals surface area contributed by atoms with Gasteiger partial charge >= 0.3 is 5.97 Å². The molecule has 78 valence electrons. The Labute approximate surface area is 97.1 Å². The topological polar surface area (TPSA) is 49.3 Å². The van der Waals surface area contributed by atoms with Crippen LogP contribution in [0.4, 0.5) is 5.69 Å². The summed E-state index contributed by atoms with van der Waals surface area (Å²) in [7, 11) is 0. The first kappa shape index (κ1) is 13.3. The number of aliphatic carboxylic acids is 1. The van der Waals surface area contributed by atoms with Crippen LogP contribution in [-0.2, 0) is 4.79 Å². The summed E-state index contributed by atoms with van der Waals surface area (Å²) in [4.78, 5) is 10.5. The molecule has 5 heteroatoms. The number of hydrogen-bond donors (Lipinski definition) is 2. The van der Waals surface area contributed by atoms with Crippen LogP contribution >= 0.6 is 28.3 Å². The van der Waals surface area contributed by atoms with Gasteiger partial charge in [-0.2, -0.15) is 0 Å². The lowest BCUT2D eigenvalue weighted by molar-refractivity contribution is -0.137. The van der Waals surface area contributed by atoms with Gasteiger partial charge in [-0.05, 0) is 25.1 Å². The van der Waals surface area contributed by atoms with Crippen molar-refractivity contribution in [1.82, 2.24) is 0 Å². The number of hydrogen-bond acceptors (Lipinski definition) is 2. The van der Waals surface area contributed by atoms with Crippen molar-refractivity contribution in [3.8, 4) is 0 Å². The van der Waals surface area contributed by atoms with Gasteiger partial charge in [-0.15, -0.1) is 12.4 Å². The first-order valence-corrected chi connectivity index (χ1v) is 4.64. The fourth-order valence-corrected chi connectivity index (χ4v) is 1.29. The molecule has 2 N–H and O–H groups in total. The van der Waals surface area contributed by atoms with E-state index in [-0.39, 0.29) is 12.4 Å². The molecule has 0 aliphatic heterocycles. The van der Waals surface area contributed by atoms with Gasteiger partial charge in [0.15, 0.2) is 0 Å².